The van der Waals surface area contributed by atoms with E-state index >= 15 is 0 Å². The first kappa shape index (κ1) is 36.1. The number of carbonyl (C=O) groups excluding carboxylic acids is 1. The number of benzene rings is 2. The van der Waals surface area contributed by atoms with Gasteiger partial charge in [0.2, 0.25) is 0 Å². The number of fused-ring (bicyclic) bond motifs is 1. The molecule has 0 aliphatic carbocycles. The van der Waals surface area contributed by atoms with Crippen LogP contribution in [-0.2, 0) is 18.8 Å². The molecule has 1 aromatic heterocycles. The van der Waals surface area contributed by atoms with E-state index in [0.29, 0.717) is 68.3 Å². The number of ether oxygens (including phenoxy) is 1. The number of piperazine rings is 1. The molecule has 0 spiro atoms. The minimum Gasteiger partial charge on any atom is -0.508 e. The third-order valence-electron chi connectivity index (χ3n) is 7.76. The second kappa shape index (κ2) is 14.3. The Morgan fingerprint density at radius 1 is 0.956 bits per heavy atom. The third-order valence-corrected chi connectivity index (χ3v) is 7.76. The lowest BCUT2D eigenvalue weighted by atomic mass is 9.98. The molecule has 2 aliphatic rings. The van der Waals surface area contributed by atoms with Crippen molar-refractivity contribution in [3.8, 4) is 11.5 Å². The van der Waals surface area contributed by atoms with E-state index in [0.717, 1.165) is 5.82 Å². The lowest BCUT2D eigenvalue weighted by Gasteiger charge is -2.42. The monoisotopic (exact) mass is 680 g/mol. The molecule has 0 bridgehead atoms. The second-order valence-corrected chi connectivity index (χ2v) is 10.7. The number of anilines is 1. The van der Waals surface area contributed by atoms with Gasteiger partial charge in [-0.25, -0.2) is 4.98 Å². The van der Waals surface area contributed by atoms with Gasteiger partial charge in [0.05, 0.1) is 17.7 Å². The maximum Gasteiger partial charge on any atom is 0.416 e. The fraction of sp³-hybridized carbons (Fsp3) is 0.400. The standard InChI is InChI=1S/C30H30F6N4O3.2ClH/c1-19-4-5-20(14-25(19)41)13-24-18-38(7-9-39-11-12-43-26-3-2-6-37-27(26)39)8-10-40(24)28(42)21-15-22(29(31,32)33)17-23(16-21)30(34,35)36;;/h2-6,14-17,24,41H,7-13,18H2,1H3;2*1H/t24-;;/m1../s1. The van der Waals surface area contributed by atoms with Crippen LogP contribution in [0.2, 0.25) is 0 Å². The zero-order valence-electron chi connectivity index (χ0n) is 24.1. The zero-order chi connectivity index (χ0) is 30.9. The highest BCUT2D eigenvalue weighted by molar-refractivity contribution is 5.95. The SMILES string of the molecule is Cc1ccc(C[C@@H]2CN(CCN3CCOc4cccnc43)CCN2C(=O)c2cc(C(F)(F)F)cc(C(F)(F)F)c2)cc1O.Cl.Cl. The number of phenolic OH excluding ortho intramolecular Hbond substituents is 1. The number of phenols is 1. The van der Waals surface area contributed by atoms with Gasteiger partial charge in [-0.3, -0.25) is 9.69 Å². The van der Waals surface area contributed by atoms with Crippen molar-refractivity contribution in [2.45, 2.75) is 31.7 Å². The fourth-order valence-electron chi connectivity index (χ4n) is 5.45. The Morgan fingerprint density at radius 2 is 1.64 bits per heavy atom. The predicted molar refractivity (Wildman–Crippen MR) is 161 cm³/mol. The fourth-order valence-corrected chi connectivity index (χ4v) is 5.45. The maximum absolute atomic E-state index is 13.6. The lowest BCUT2D eigenvalue weighted by Crippen LogP contribution is -2.57. The molecular formula is C30H32Cl2F6N4O3. The number of nitrogens with zero attached hydrogens (tertiary/aromatic N) is 4. The van der Waals surface area contributed by atoms with Gasteiger partial charge in [-0.2, -0.15) is 26.3 Å². The molecule has 2 aliphatic heterocycles. The number of aryl methyl sites for hydroxylation is 1. The normalized spacial score (nSPS) is 17.1. The molecule has 45 heavy (non-hydrogen) atoms. The zero-order valence-corrected chi connectivity index (χ0v) is 25.7. The number of pyridine rings is 1. The van der Waals surface area contributed by atoms with Crippen LogP contribution in [0.5, 0.6) is 11.5 Å². The molecule has 0 radical (unpaired) electrons. The summed E-state index contributed by atoms with van der Waals surface area (Å²) in [7, 11) is 0. The summed E-state index contributed by atoms with van der Waals surface area (Å²) in [4.78, 5) is 23.6. The van der Waals surface area contributed by atoms with Crippen molar-refractivity contribution in [3.05, 3.63) is 82.5 Å². The van der Waals surface area contributed by atoms with Gasteiger partial charge >= 0.3 is 12.4 Å². The summed E-state index contributed by atoms with van der Waals surface area (Å²) in [5.41, 5.74) is -2.43. The molecule has 2 aromatic carbocycles. The number of aromatic hydroxyl groups is 1. The number of carbonyl (C=O) groups is 1. The molecule has 0 unspecified atom stereocenters. The average molecular weight is 682 g/mol. The maximum atomic E-state index is 13.6. The van der Waals surface area contributed by atoms with Crippen LogP contribution in [-0.4, -0.2) is 77.7 Å². The Morgan fingerprint density at radius 3 is 2.29 bits per heavy atom. The molecule has 1 fully saturated rings. The summed E-state index contributed by atoms with van der Waals surface area (Å²) >= 11 is 0. The van der Waals surface area contributed by atoms with Gasteiger partial charge in [-0.1, -0.05) is 12.1 Å². The summed E-state index contributed by atoms with van der Waals surface area (Å²) in [5.74, 6) is 0.540. The van der Waals surface area contributed by atoms with Gasteiger partial charge in [0.25, 0.3) is 5.91 Å². The van der Waals surface area contributed by atoms with E-state index in [-0.39, 0.29) is 49.6 Å². The van der Waals surface area contributed by atoms with Crippen molar-refractivity contribution in [1.29, 1.82) is 0 Å². The van der Waals surface area contributed by atoms with Crippen LogP contribution >= 0.6 is 24.8 Å². The first-order valence-electron chi connectivity index (χ1n) is 13.7. The molecule has 5 rings (SSSR count). The highest BCUT2D eigenvalue weighted by Gasteiger charge is 2.39. The highest BCUT2D eigenvalue weighted by atomic mass is 35.5. The molecule has 3 heterocycles. The average Bonchev–Trinajstić information content (AvgIpc) is 2.96. The van der Waals surface area contributed by atoms with Crippen LogP contribution in [0.15, 0.2) is 54.7 Å². The Balaban J connectivity index is 0.00000276. The van der Waals surface area contributed by atoms with E-state index in [2.05, 4.69) is 14.8 Å². The summed E-state index contributed by atoms with van der Waals surface area (Å²) < 4.78 is 86.8. The van der Waals surface area contributed by atoms with E-state index in [4.69, 9.17) is 4.74 Å². The van der Waals surface area contributed by atoms with Crippen molar-refractivity contribution in [3.63, 3.8) is 0 Å². The molecule has 3 aromatic rings. The first-order valence-corrected chi connectivity index (χ1v) is 13.7. The summed E-state index contributed by atoms with van der Waals surface area (Å²) in [6.45, 7) is 4.82. The van der Waals surface area contributed by atoms with Crippen LogP contribution in [0.4, 0.5) is 32.2 Å². The third kappa shape index (κ3) is 8.44. The van der Waals surface area contributed by atoms with Gasteiger partial charge < -0.3 is 19.6 Å². The first-order chi connectivity index (χ1) is 20.3. The van der Waals surface area contributed by atoms with E-state index in [1.807, 2.05) is 6.07 Å². The number of halogens is 8. The van der Waals surface area contributed by atoms with E-state index in [9.17, 15) is 36.2 Å². The number of hydrogen-bond acceptors (Lipinski definition) is 6. The van der Waals surface area contributed by atoms with Gasteiger partial charge in [0.1, 0.15) is 12.4 Å². The van der Waals surface area contributed by atoms with E-state index in [1.165, 1.54) is 4.90 Å². The predicted octanol–water partition coefficient (Wildman–Crippen LogP) is 6.24. The van der Waals surface area contributed by atoms with Crippen molar-refractivity contribution < 1.29 is 41.0 Å². The van der Waals surface area contributed by atoms with Gasteiger partial charge in [-0.05, 0) is 60.9 Å². The molecule has 15 heteroatoms. The van der Waals surface area contributed by atoms with Crippen molar-refractivity contribution in [2.24, 2.45) is 0 Å². The van der Waals surface area contributed by atoms with Crippen LogP contribution < -0.4 is 9.64 Å². The smallest absolute Gasteiger partial charge is 0.416 e. The Kier molecular flexibility index (Phi) is 11.5. The molecular weight excluding hydrogens is 649 g/mol. The molecule has 1 amide bonds. The van der Waals surface area contributed by atoms with E-state index in [1.54, 1.807) is 37.4 Å². The lowest BCUT2D eigenvalue weighted by molar-refractivity contribution is -0.143. The van der Waals surface area contributed by atoms with Crippen LogP contribution in [0, 0.1) is 6.92 Å². The van der Waals surface area contributed by atoms with Gasteiger partial charge in [-0.15, -0.1) is 24.8 Å². The number of amides is 1. The van der Waals surface area contributed by atoms with Crippen LogP contribution in [0.1, 0.15) is 32.6 Å². The molecule has 1 atom stereocenters. The quantitative estimate of drug-likeness (QED) is 0.311. The van der Waals surface area contributed by atoms with Gasteiger partial charge in [0, 0.05) is 50.5 Å². The minimum absolute atomic E-state index is 0. The van der Waals surface area contributed by atoms with Gasteiger partial charge in [0.15, 0.2) is 11.6 Å². The topological polar surface area (TPSA) is 69.1 Å². The Hall–Kier alpha value is -3.42. The minimum atomic E-state index is -5.07. The molecule has 1 saturated heterocycles. The van der Waals surface area contributed by atoms with Crippen LogP contribution in [0.25, 0.3) is 0 Å². The van der Waals surface area contributed by atoms with Crippen LogP contribution in [0.3, 0.4) is 0 Å². The summed E-state index contributed by atoms with van der Waals surface area (Å²) in [5, 5.41) is 10.2. The number of aromatic nitrogens is 1. The highest BCUT2D eigenvalue weighted by Crippen LogP contribution is 2.37. The van der Waals surface area contributed by atoms with E-state index < -0.39 is 41.0 Å². The summed E-state index contributed by atoms with van der Waals surface area (Å²) in [6, 6.07) is 9.05. The summed E-state index contributed by atoms with van der Waals surface area (Å²) in [6.07, 6.45) is -8.22. The molecule has 7 nitrogen and oxygen atoms in total. The number of hydrogen-bond donors (Lipinski definition) is 1. The van der Waals surface area contributed by atoms with Crippen molar-refractivity contribution in [1.82, 2.24) is 14.8 Å². The number of rotatable bonds is 6. The Labute approximate surface area is 268 Å². The van der Waals surface area contributed by atoms with Crippen molar-refractivity contribution in [2.75, 3.05) is 50.8 Å². The Bertz CT molecular complexity index is 1460. The number of alkyl halides is 6. The largest absolute Gasteiger partial charge is 0.508 e. The molecule has 1 N–H and O–H groups in total. The van der Waals surface area contributed by atoms with Crippen molar-refractivity contribution >= 4 is 36.5 Å². The molecule has 246 valence electrons. The second-order valence-electron chi connectivity index (χ2n) is 10.7. The molecule has 0 saturated carbocycles.